The molecule has 0 aliphatic carbocycles. The van der Waals surface area contributed by atoms with Crippen molar-refractivity contribution in [1.29, 1.82) is 0 Å². The largest absolute Gasteiger partial charge is 0.472 e. The Bertz CT molecular complexity index is 1110. The number of anilines is 3. The number of aryl methyl sites for hydroxylation is 1. The first-order chi connectivity index (χ1) is 14.4. The molecular formula is C23H22N4O3. The molecule has 152 valence electrons. The van der Waals surface area contributed by atoms with E-state index in [2.05, 4.69) is 10.3 Å². The van der Waals surface area contributed by atoms with E-state index in [4.69, 9.17) is 10.5 Å². The summed E-state index contributed by atoms with van der Waals surface area (Å²) in [6, 6.07) is 18.1. The molecule has 2 heterocycles. The molecule has 1 aliphatic rings. The molecule has 30 heavy (non-hydrogen) atoms. The summed E-state index contributed by atoms with van der Waals surface area (Å²) in [6.07, 6.45) is -0.863. The molecule has 0 saturated carbocycles. The maximum absolute atomic E-state index is 13.2. The Hall–Kier alpha value is -3.87. The fourth-order valence-corrected chi connectivity index (χ4v) is 3.37. The van der Waals surface area contributed by atoms with E-state index in [1.54, 1.807) is 12.1 Å². The molecule has 0 radical (unpaired) electrons. The van der Waals surface area contributed by atoms with Gasteiger partial charge in [-0.2, -0.15) is 0 Å². The number of nitrogens with two attached hydrogens (primary N) is 1. The summed E-state index contributed by atoms with van der Waals surface area (Å²) in [5, 5.41) is 2.89. The first-order valence-corrected chi connectivity index (χ1v) is 9.59. The number of amides is 2. The lowest BCUT2D eigenvalue weighted by atomic mass is 10.1. The van der Waals surface area contributed by atoms with Crippen molar-refractivity contribution in [3.05, 3.63) is 77.4 Å². The van der Waals surface area contributed by atoms with Crippen molar-refractivity contribution in [3.8, 4) is 5.75 Å². The van der Waals surface area contributed by atoms with Crippen LogP contribution in [-0.4, -0.2) is 23.3 Å². The molecular weight excluding hydrogens is 380 g/mol. The third-order valence-corrected chi connectivity index (χ3v) is 5.13. The molecule has 7 heteroatoms. The minimum atomic E-state index is -0.863. The van der Waals surface area contributed by atoms with E-state index in [9.17, 15) is 9.59 Å². The van der Waals surface area contributed by atoms with Crippen molar-refractivity contribution in [3.63, 3.8) is 0 Å². The second kappa shape index (κ2) is 7.87. The number of ether oxygens (including phenoxy) is 1. The van der Waals surface area contributed by atoms with E-state index in [0.29, 0.717) is 17.0 Å². The molecule has 1 aliphatic heterocycles. The minimum Gasteiger partial charge on any atom is -0.472 e. The van der Waals surface area contributed by atoms with Crippen LogP contribution in [0.4, 0.5) is 17.3 Å². The Morgan fingerprint density at radius 2 is 1.87 bits per heavy atom. The molecule has 3 N–H and O–H groups in total. The lowest BCUT2D eigenvalue weighted by molar-refractivity contribution is -0.128. The van der Waals surface area contributed by atoms with Crippen LogP contribution in [0.25, 0.3) is 0 Å². The van der Waals surface area contributed by atoms with Crippen molar-refractivity contribution in [2.24, 2.45) is 0 Å². The molecule has 0 spiro atoms. The van der Waals surface area contributed by atoms with Crippen molar-refractivity contribution in [2.75, 3.05) is 22.5 Å². The maximum Gasteiger partial charge on any atom is 0.274 e. The minimum absolute atomic E-state index is 0.206. The van der Waals surface area contributed by atoms with Gasteiger partial charge in [-0.15, -0.1) is 0 Å². The number of aromatic nitrogens is 1. The van der Waals surface area contributed by atoms with Crippen LogP contribution in [0.3, 0.4) is 0 Å². The number of rotatable bonds is 4. The highest BCUT2D eigenvalue weighted by atomic mass is 16.5. The van der Waals surface area contributed by atoms with Crippen LogP contribution in [0.1, 0.15) is 22.8 Å². The van der Waals surface area contributed by atoms with Gasteiger partial charge < -0.3 is 15.8 Å². The standard InChI is InChI=1S/C23H22N4O3/c1-14-7-6-10-17(15(14)2)25-20(28)13-27-22-18(11-12-19(24)26-22)30-21(23(27)29)16-8-4-3-5-9-16/h3-12,21H,13H2,1-2H3,(H2,24,26)(H,25,28). The average molecular weight is 402 g/mol. The summed E-state index contributed by atoms with van der Waals surface area (Å²) in [6.45, 7) is 3.71. The number of benzene rings is 2. The summed E-state index contributed by atoms with van der Waals surface area (Å²) in [5.41, 5.74) is 9.27. The number of carbonyl (C=O) groups excluding carboxylic acids is 2. The topological polar surface area (TPSA) is 97.5 Å². The smallest absolute Gasteiger partial charge is 0.274 e. The van der Waals surface area contributed by atoms with Crippen molar-refractivity contribution in [2.45, 2.75) is 20.0 Å². The fraction of sp³-hybridized carbons (Fsp3) is 0.174. The second-order valence-electron chi connectivity index (χ2n) is 7.19. The molecule has 7 nitrogen and oxygen atoms in total. The lowest BCUT2D eigenvalue weighted by Gasteiger charge is -2.33. The second-order valence-corrected chi connectivity index (χ2v) is 7.19. The number of fused-ring (bicyclic) bond motifs is 1. The molecule has 0 bridgehead atoms. The summed E-state index contributed by atoms with van der Waals surface area (Å²) in [4.78, 5) is 31.6. The Labute approximate surface area is 174 Å². The lowest BCUT2D eigenvalue weighted by Crippen LogP contribution is -2.45. The molecule has 3 aromatic rings. The summed E-state index contributed by atoms with van der Waals surface area (Å²) in [5.74, 6) is 0.174. The number of carbonyl (C=O) groups is 2. The predicted molar refractivity (Wildman–Crippen MR) is 115 cm³/mol. The Morgan fingerprint density at radius 3 is 2.63 bits per heavy atom. The average Bonchev–Trinajstić information content (AvgIpc) is 2.74. The normalized spacial score (nSPS) is 15.3. The van der Waals surface area contributed by atoms with Crippen LogP contribution in [0.5, 0.6) is 5.75 Å². The van der Waals surface area contributed by atoms with Gasteiger partial charge in [0.1, 0.15) is 12.4 Å². The highest BCUT2D eigenvalue weighted by Crippen LogP contribution is 2.38. The Morgan fingerprint density at radius 1 is 1.10 bits per heavy atom. The maximum atomic E-state index is 13.2. The van der Waals surface area contributed by atoms with E-state index in [1.165, 1.54) is 4.90 Å². The van der Waals surface area contributed by atoms with Crippen LogP contribution in [0, 0.1) is 13.8 Å². The zero-order valence-corrected chi connectivity index (χ0v) is 16.8. The van der Waals surface area contributed by atoms with E-state index < -0.39 is 6.10 Å². The van der Waals surface area contributed by atoms with Crippen LogP contribution in [0.2, 0.25) is 0 Å². The van der Waals surface area contributed by atoms with E-state index in [0.717, 1.165) is 11.1 Å². The Balaban J connectivity index is 1.64. The van der Waals surface area contributed by atoms with Crippen molar-refractivity contribution < 1.29 is 14.3 Å². The molecule has 1 aromatic heterocycles. The van der Waals surface area contributed by atoms with Crippen molar-refractivity contribution in [1.82, 2.24) is 4.98 Å². The zero-order chi connectivity index (χ0) is 21.3. The van der Waals surface area contributed by atoms with Gasteiger partial charge in [0.05, 0.1) is 0 Å². The van der Waals surface area contributed by atoms with Gasteiger partial charge in [0.25, 0.3) is 5.91 Å². The van der Waals surface area contributed by atoms with Gasteiger partial charge in [-0.1, -0.05) is 42.5 Å². The van der Waals surface area contributed by atoms with Crippen molar-refractivity contribution >= 4 is 29.1 Å². The first-order valence-electron chi connectivity index (χ1n) is 9.59. The summed E-state index contributed by atoms with van der Waals surface area (Å²) >= 11 is 0. The van der Waals surface area contributed by atoms with Gasteiger partial charge >= 0.3 is 0 Å². The first kappa shape index (κ1) is 19.4. The van der Waals surface area contributed by atoms with Gasteiger partial charge in [0.2, 0.25) is 12.0 Å². The van der Waals surface area contributed by atoms with Crippen LogP contribution < -0.4 is 20.7 Å². The van der Waals surface area contributed by atoms with Gasteiger partial charge in [-0.3, -0.25) is 14.5 Å². The third-order valence-electron chi connectivity index (χ3n) is 5.13. The third kappa shape index (κ3) is 3.69. The quantitative estimate of drug-likeness (QED) is 0.697. The highest BCUT2D eigenvalue weighted by Gasteiger charge is 2.37. The number of hydrogen-bond acceptors (Lipinski definition) is 5. The molecule has 4 rings (SSSR count). The number of hydrogen-bond donors (Lipinski definition) is 2. The molecule has 2 amide bonds. The van der Waals surface area contributed by atoms with Gasteiger partial charge in [0, 0.05) is 11.3 Å². The van der Waals surface area contributed by atoms with E-state index >= 15 is 0 Å². The number of nitrogens with one attached hydrogen (secondary N) is 1. The summed E-state index contributed by atoms with van der Waals surface area (Å²) in [7, 11) is 0. The molecule has 0 saturated heterocycles. The van der Waals surface area contributed by atoms with Gasteiger partial charge in [-0.25, -0.2) is 4.98 Å². The monoisotopic (exact) mass is 402 g/mol. The molecule has 2 aromatic carbocycles. The van der Waals surface area contributed by atoms with Crippen LogP contribution >= 0.6 is 0 Å². The van der Waals surface area contributed by atoms with E-state index in [-0.39, 0.29) is 30.0 Å². The van der Waals surface area contributed by atoms with Gasteiger partial charge in [0.15, 0.2) is 11.6 Å². The SMILES string of the molecule is Cc1cccc(NC(=O)CN2C(=O)C(c3ccccc3)Oc3ccc(N)nc32)c1C. The number of pyridine rings is 1. The van der Waals surface area contributed by atoms with Crippen LogP contribution in [-0.2, 0) is 9.59 Å². The molecule has 1 unspecified atom stereocenters. The number of nitrogens with zero attached hydrogens (tertiary/aromatic N) is 2. The highest BCUT2D eigenvalue weighted by molar-refractivity contribution is 6.06. The molecule has 1 atom stereocenters. The fourth-order valence-electron chi connectivity index (χ4n) is 3.37. The summed E-state index contributed by atoms with van der Waals surface area (Å²) < 4.78 is 5.91. The predicted octanol–water partition coefficient (Wildman–Crippen LogP) is 3.39. The molecule has 0 fully saturated rings. The van der Waals surface area contributed by atoms with Gasteiger partial charge in [-0.05, 0) is 43.2 Å². The Kier molecular flexibility index (Phi) is 5.10. The number of nitrogen functional groups attached to an aromatic ring is 1. The van der Waals surface area contributed by atoms with Crippen LogP contribution in [0.15, 0.2) is 60.7 Å². The van der Waals surface area contributed by atoms with E-state index in [1.807, 2.05) is 62.4 Å². The zero-order valence-electron chi connectivity index (χ0n) is 16.8.